The summed E-state index contributed by atoms with van der Waals surface area (Å²) in [6.45, 7) is 0. The largest absolute Gasteiger partial charge is 0.375 e. The molecule has 2 aromatic carbocycles. The fraction of sp³-hybridized carbons (Fsp3) is 0.111. The highest BCUT2D eigenvalue weighted by atomic mass is 16.3. The number of anilines is 1. The van der Waals surface area contributed by atoms with Crippen LogP contribution in [0.5, 0.6) is 0 Å². The second kappa shape index (κ2) is 4.79. The van der Waals surface area contributed by atoms with Gasteiger partial charge in [-0.2, -0.15) is 0 Å². The summed E-state index contributed by atoms with van der Waals surface area (Å²) >= 11 is 0. The zero-order chi connectivity index (χ0) is 16.0. The van der Waals surface area contributed by atoms with Gasteiger partial charge in [0.15, 0.2) is 11.4 Å². The van der Waals surface area contributed by atoms with Crippen LogP contribution in [-0.4, -0.2) is 21.8 Å². The number of carbonyl (C=O) groups is 2. The summed E-state index contributed by atoms with van der Waals surface area (Å²) in [5.41, 5.74) is 0.488. The first-order chi connectivity index (χ1) is 11.1. The van der Waals surface area contributed by atoms with Gasteiger partial charge >= 0.3 is 0 Å². The molecule has 1 aliphatic rings. The third kappa shape index (κ3) is 1.98. The van der Waals surface area contributed by atoms with E-state index >= 15 is 0 Å². The number of fused-ring (bicyclic) bond motifs is 2. The van der Waals surface area contributed by atoms with E-state index in [9.17, 15) is 14.7 Å². The number of Topliss-reactive ketones (excluding diaryl/α,β-unsaturated/α-hetero) is 1. The van der Waals surface area contributed by atoms with Crippen molar-refractivity contribution in [1.82, 2.24) is 4.98 Å². The van der Waals surface area contributed by atoms with Crippen LogP contribution < -0.4 is 5.32 Å². The molecule has 23 heavy (non-hydrogen) atoms. The van der Waals surface area contributed by atoms with Gasteiger partial charge in [-0.15, -0.1) is 0 Å². The standard InChI is InChI=1S/C18H14N2O3/c21-16(12-10-19-14-7-3-1-5-11(12)14)9-18(23)13-6-2-4-8-15(13)20-17(18)22/h1-8,10,19,23H,9H2,(H,20,22). The van der Waals surface area contributed by atoms with Gasteiger partial charge < -0.3 is 15.4 Å². The Morgan fingerprint density at radius 2 is 1.83 bits per heavy atom. The molecule has 0 aliphatic carbocycles. The SMILES string of the molecule is O=C(CC1(O)C(=O)Nc2ccccc21)c1c[nH]c2ccccc12. The summed E-state index contributed by atoms with van der Waals surface area (Å²) in [6.07, 6.45) is 1.33. The molecule has 114 valence electrons. The maximum absolute atomic E-state index is 12.7. The molecule has 1 unspecified atom stereocenters. The predicted octanol–water partition coefficient (Wildman–Crippen LogP) is 2.58. The molecule has 1 atom stereocenters. The number of ketones is 1. The van der Waals surface area contributed by atoms with E-state index in [4.69, 9.17) is 0 Å². The Morgan fingerprint density at radius 3 is 2.70 bits per heavy atom. The number of aromatic amines is 1. The minimum absolute atomic E-state index is 0.281. The summed E-state index contributed by atoms with van der Waals surface area (Å²) in [7, 11) is 0. The second-order valence-corrected chi connectivity index (χ2v) is 5.71. The molecule has 4 rings (SSSR count). The van der Waals surface area contributed by atoms with Crippen molar-refractivity contribution in [1.29, 1.82) is 0 Å². The summed E-state index contributed by atoms with van der Waals surface area (Å²) in [5, 5.41) is 14.2. The summed E-state index contributed by atoms with van der Waals surface area (Å²) in [5.74, 6) is -0.844. The van der Waals surface area contributed by atoms with Crippen molar-refractivity contribution in [3.63, 3.8) is 0 Å². The smallest absolute Gasteiger partial charge is 0.261 e. The lowest BCUT2D eigenvalue weighted by atomic mass is 9.88. The van der Waals surface area contributed by atoms with Crippen molar-refractivity contribution in [3.8, 4) is 0 Å². The van der Waals surface area contributed by atoms with E-state index in [0.717, 1.165) is 10.9 Å². The van der Waals surface area contributed by atoms with Crippen molar-refractivity contribution >= 4 is 28.3 Å². The van der Waals surface area contributed by atoms with Gasteiger partial charge in [0, 0.05) is 33.9 Å². The maximum atomic E-state index is 12.7. The van der Waals surface area contributed by atoms with Gasteiger partial charge in [0.25, 0.3) is 5.91 Å². The molecule has 1 aliphatic heterocycles. The average Bonchev–Trinajstić information content (AvgIpc) is 3.08. The van der Waals surface area contributed by atoms with Crippen molar-refractivity contribution in [2.75, 3.05) is 5.32 Å². The summed E-state index contributed by atoms with van der Waals surface area (Å²) in [4.78, 5) is 27.9. The monoisotopic (exact) mass is 306 g/mol. The Morgan fingerprint density at radius 1 is 1.09 bits per heavy atom. The highest BCUT2D eigenvalue weighted by Gasteiger charge is 2.46. The first kappa shape index (κ1) is 13.7. The molecule has 5 nitrogen and oxygen atoms in total. The fourth-order valence-electron chi connectivity index (χ4n) is 3.11. The van der Waals surface area contributed by atoms with E-state index in [1.165, 1.54) is 0 Å². The predicted molar refractivity (Wildman–Crippen MR) is 86.2 cm³/mol. The molecule has 0 saturated heterocycles. The molecule has 0 bridgehead atoms. The van der Waals surface area contributed by atoms with Crippen LogP contribution in [0.3, 0.4) is 0 Å². The minimum Gasteiger partial charge on any atom is -0.375 e. The number of H-pyrrole nitrogens is 1. The highest BCUT2D eigenvalue weighted by Crippen LogP contribution is 2.39. The van der Waals surface area contributed by atoms with Gasteiger partial charge in [-0.05, 0) is 12.1 Å². The van der Waals surface area contributed by atoms with Gasteiger partial charge in [-0.25, -0.2) is 0 Å². The van der Waals surface area contributed by atoms with Crippen molar-refractivity contribution in [3.05, 3.63) is 65.9 Å². The van der Waals surface area contributed by atoms with E-state index in [2.05, 4.69) is 10.3 Å². The number of para-hydroxylation sites is 2. The molecule has 0 radical (unpaired) electrons. The van der Waals surface area contributed by atoms with Gasteiger partial charge in [0.05, 0.1) is 6.42 Å². The van der Waals surface area contributed by atoms with Crippen LogP contribution in [0.2, 0.25) is 0 Å². The van der Waals surface area contributed by atoms with Crippen molar-refractivity contribution < 1.29 is 14.7 Å². The second-order valence-electron chi connectivity index (χ2n) is 5.71. The third-order valence-electron chi connectivity index (χ3n) is 4.30. The summed E-state index contributed by atoms with van der Waals surface area (Å²) < 4.78 is 0. The lowest BCUT2D eigenvalue weighted by molar-refractivity contribution is -0.133. The van der Waals surface area contributed by atoms with Crippen LogP contribution in [0.4, 0.5) is 5.69 Å². The lowest BCUT2D eigenvalue weighted by Gasteiger charge is -2.19. The van der Waals surface area contributed by atoms with E-state index in [1.807, 2.05) is 24.3 Å². The molecule has 1 amide bonds. The topological polar surface area (TPSA) is 82.2 Å². The van der Waals surface area contributed by atoms with Gasteiger partial charge in [0.2, 0.25) is 0 Å². The highest BCUT2D eigenvalue weighted by molar-refractivity contribution is 6.13. The Balaban J connectivity index is 1.73. The third-order valence-corrected chi connectivity index (χ3v) is 4.30. The molecular weight excluding hydrogens is 292 g/mol. The Bertz CT molecular complexity index is 944. The van der Waals surface area contributed by atoms with Crippen LogP contribution in [0, 0.1) is 0 Å². The molecule has 3 aromatic rings. The maximum Gasteiger partial charge on any atom is 0.261 e. The quantitative estimate of drug-likeness (QED) is 0.650. The van der Waals surface area contributed by atoms with Crippen LogP contribution in [0.25, 0.3) is 10.9 Å². The number of aliphatic hydroxyl groups is 1. The van der Waals surface area contributed by atoms with Crippen molar-refractivity contribution in [2.45, 2.75) is 12.0 Å². The fourth-order valence-corrected chi connectivity index (χ4v) is 3.11. The first-order valence-electron chi connectivity index (χ1n) is 7.32. The Kier molecular flexibility index (Phi) is 2.86. The molecule has 2 heterocycles. The number of rotatable bonds is 3. The normalized spacial score (nSPS) is 19.6. The number of aromatic nitrogens is 1. The number of hydrogen-bond donors (Lipinski definition) is 3. The van der Waals surface area contributed by atoms with Crippen LogP contribution in [-0.2, 0) is 10.4 Å². The Hall–Kier alpha value is -2.92. The molecule has 0 saturated carbocycles. The van der Waals surface area contributed by atoms with E-state index < -0.39 is 11.5 Å². The molecular formula is C18H14N2O3. The average molecular weight is 306 g/mol. The van der Waals surface area contributed by atoms with E-state index in [-0.39, 0.29) is 12.2 Å². The molecule has 3 N–H and O–H groups in total. The van der Waals surface area contributed by atoms with Gasteiger partial charge in [-0.1, -0.05) is 36.4 Å². The number of benzene rings is 2. The number of nitrogens with one attached hydrogen (secondary N) is 2. The lowest BCUT2D eigenvalue weighted by Crippen LogP contribution is -2.36. The number of carbonyl (C=O) groups excluding carboxylic acids is 2. The zero-order valence-electron chi connectivity index (χ0n) is 12.2. The Labute approximate surface area is 132 Å². The minimum atomic E-state index is -1.83. The number of amides is 1. The summed E-state index contributed by atoms with van der Waals surface area (Å²) in [6, 6.07) is 14.3. The number of hydrogen-bond acceptors (Lipinski definition) is 3. The molecule has 0 spiro atoms. The van der Waals surface area contributed by atoms with Gasteiger partial charge in [0.1, 0.15) is 0 Å². The van der Waals surface area contributed by atoms with Crippen LogP contribution in [0.15, 0.2) is 54.7 Å². The molecule has 5 heteroatoms. The zero-order valence-corrected chi connectivity index (χ0v) is 12.2. The van der Waals surface area contributed by atoms with E-state index in [1.54, 1.807) is 30.5 Å². The van der Waals surface area contributed by atoms with Crippen molar-refractivity contribution in [2.24, 2.45) is 0 Å². The van der Waals surface area contributed by atoms with Gasteiger partial charge in [-0.3, -0.25) is 9.59 Å². The molecule has 1 aromatic heterocycles. The molecule has 0 fully saturated rings. The van der Waals surface area contributed by atoms with Crippen LogP contribution >= 0.6 is 0 Å². The van der Waals surface area contributed by atoms with E-state index in [0.29, 0.717) is 16.8 Å². The first-order valence-corrected chi connectivity index (χ1v) is 7.32. The van der Waals surface area contributed by atoms with Crippen LogP contribution in [0.1, 0.15) is 22.3 Å².